The molecule has 1 saturated heterocycles. The minimum atomic E-state index is -2.66. The highest BCUT2D eigenvalue weighted by molar-refractivity contribution is 5.65. The minimum absolute atomic E-state index is 0.00457. The van der Waals surface area contributed by atoms with Crippen LogP contribution in [0.5, 0.6) is 0 Å². The van der Waals surface area contributed by atoms with E-state index in [2.05, 4.69) is 15.5 Å². The van der Waals surface area contributed by atoms with Crippen LogP contribution in [0.1, 0.15) is 49.0 Å². The van der Waals surface area contributed by atoms with Crippen molar-refractivity contribution in [1.29, 1.82) is 0 Å². The Kier molecular flexibility index (Phi) is 6.52. The van der Waals surface area contributed by atoms with Crippen molar-refractivity contribution in [3.05, 3.63) is 34.7 Å². The zero-order chi connectivity index (χ0) is 22.0. The van der Waals surface area contributed by atoms with Crippen molar-refractivity contribution in [2.24, 2.45) is 0 Å². The molecular weight excluding hydrogens is 400 g/mol. The highest BCUT2D eigenvalue weighted by Crippen LogP contribution is 2.31. The molecule has 164 valence electrons. The van der Waals surface area contributed by atoms with Gasteiger partial charge in [-0.3, -0.25) is 4.90 Å². The van der Waals surface area contributed by atoms with Gasteiger partial charge >= 0.3 is 12.1 Å². The first kappa shape index (κ1) is 21.9. The molecule has 30 heavy (non-hydrogen) atoms. The van der Waals surface area contributed by atoms with Crippen molar-refractivity contribution in [1.82, 2.24) is 20.0 Å². The lowest BCUT2D eigenvalue weighted by Gasteiger charge is -2.38. The molecule has 3 rings (SSSR count). The number of halogens is 2. The summed E-state index contributed by atoms with van der Waals surface area (Å²) in [5.41, 5.74) is 1.69. The summed E-state index contributed by atoms with van der Waals surface area (Å²) in [4.78, 5) is 14.7. The van der Waals surface area contributed by atoms with E-state index in [-0.39, 0.29) is 23.5 Å². The Hall–Kier alpha value is -2.79. The lowest BCUT2D eigenvalue weighted by Crippen LogP contribution is -2.53. The Labute approximate surface area is 172 Å². The average molecular weight is 425 g/mol. The molecular formula is C19H25F2N5O4. The van der Waals surface area contributed by atoms with E-state index in [9.17, 15) is 23.8 Å². The fourth-order valence-corrected chi connectivity index (χ4v) is 3.49. The smallest absolute Gasteiger partial charge is 0.407 e. The van der Waals surface area contributed by atoms with E-state index in [1.54, 1.807) is 6.92 Å². The number of aliphatic hydroxyl groups excluding tert-OH is 1. The average Bonchev–Trinajstić information content (AvgIpc) is 3.13. The summed E-state index contributed by atoms with van der Waals surface area (Å²) in [5.74, 6) is 0.0191. The van der Waals surface area contributed by atoms with Crippen LogP contribution in [0.2, 0.25) is 0 Å². The van der Waals surface area contributed by atoms with E-state index in [0.717, 1.165) is 5.56 Å². The number of anilines is 2. The van der Waals surface area contributed by atoms with Gasteiger partial charge in [-0.05, 0) is 44.0 Å². The van der Waals surface area contributed by atoms with Crippen molar-refractivity contribution in [2.45, 2.75) is 45.9 Å². The van der Waals surface area contributed by atoms with Crippen molar-refractivity contribution in [2.75, 3.05) is 25.0 Å². The number of nitrogens with zero attached hydrogens (tertiary/aromatic N) is 4. The molecule has 1 aromatic heterocycles. The summed E-state index contributed by atoms with van der Waals surface area (Å²) >= 11 is 0. The van der Waals surface area contributed by atoms with Gasteiger partial charge in [0.1, 0.15) is 6.10 Å². The van der Waals surface area contributed by atoms with E-state index >= 15 is 0 Å². The van der Waals surface area contributed by atoms with E-state index in [1.165, 1.54) is 24.0 Å². The molecule has 1 aliphatic rings. The second-order valence-electron chi connectivity index (χ2n) is 7.46. The molecule has 2 heterocycles. The zero-order valence-corrected chi connectivity index (χ0v) is 17.0. The molecule has 1 fully saturated rings. The van der Waals surface area contributed by atoms with Crippen LogP contribution in [0.4, 0.5) is 25.3 Å². The fourth-order valence-electron chi connectivity index (χ4n) is 3.49. The van der Waals surface area contributed by atoms with Crippen LogP contribution >= 0.6 is 0 Å². The number of aromatic nitrogens is 2. The Bertz CT molecular complexity index is 905. The molecule has 2 atom stereocenters. The standard InChI is InChI=1S/C19H25F2N5O4/c1-10-8-25(4-5-26(10)19(28)29)9-14-6-13(16(20)21)7-15(11(14)2)22-18-24-23-17(30-18)12(3)27/h6-7,10,12,16,27H,4-5,8-9H2,1-3H3,(H,22,24)(H,28,29)/t10-,12+/m0/s1. The first-order valence-corrected chi connectivity index (χ1v) is 9.57. The normalized spacial score (nSPS) is 18.6. The van der Waals surface area contributed by atoms with Crippen LogP contribution in [0.3, 0.4) is 0 Å². The van der Waals surface area contributed by atoms with E-state index in [1.807, 2.05) is 11.8 Å². The molecule has 1 amide bonds. The number of carboxylic acid groups (broad SMARTS) is 1. The monoisotopic (exact) mass is 425 g/mol. The number of hydrogen-bond donors (Lipinski definition) is 3. The molecule has 0 unspecified atom stereocenters. The summed E-state index contributed by atoms with van der Waals surface area (Å²) in [6.07, 6.45) is -4.56. The van der Waals surface area contributed by atoms with Crippen LogP contribution in [-0.4, -0.2) is 62.0 Å². The first-order chi connectivity index (χ1) is 14.2. The lowest BCUT2D eigenvalue weighted by molar-refractivity contribution is 0.0709. The van der Waals surface area contributed by atoms with Crippen molar-refractivity contribution >= 4 is 17.8 Å². The maximum absolute atomic E-state index is 13.5. The lowest BCUT2D eigenvalue weighted by atomic mass is 10.0. The van der Waals surface area contributed by atoms with Crippen molar-refractivity contribution in [3.8, 4) is 0 Å². The number of nitrogens with one attached hydrogen (secondary N) is 1. The minimum Gasteiger partial charge on any atom is -0.465 e. The Morgan fingerprint density at radius 3 is 2.67 bits per heavy atom. The third-order valence-corrected chi connectivity index (χ3v) is 5.18. The number of rotatable bonds is 6. The van der Waals surface area contributed by atoms with Crippen molar-refractivity contribution in [3.63, 3.8) is 0 Å². The van der Waals surface area contributed by atoms with Crippen molar-refractivity contribution < 1.29 is 28.2 Å². The molecule has 0 spiro atoms. The predicted molar refractivity (Wildman–Crippen MR) is 104 cm³/mol. The van der Waals surface area contributed by atoms with E-state index < -0.39 is 18.6 Å². The number of aliphatic hydroxyl groups is 1. The first-order valence-electron chi connectivity index (χ1n) is 9.57. The van der Waals surface area contributed by atoms with Crippen LogP contribution < -0.4 is 5.32 Å². The summed E-state index contributed by atoms with van der Waals surface area (Å²) in [6, 6.07) is 2.61. The van der Waals surface area contributed by atoms with Crippen LogP contribution in [-0.2, 0) is 6.54 Å². The van der Waals surface area contributed by atoms with Gasteiger partial charge < -0.3 is 24.8 Å². The quantitative estimate of drug-likeness (QED) is 0.646. The summed E-state index contributed by atoms with van der Waals surface area (Å²) < 4.78 is 32.3. The number of alkyl halides is 2. The third kappa shape index (κ3) is 4.85. The van der Waals surface area contributed by atoms with E-state index in [0.29, 0.717) is 37.4 Å². The van der Waals surface area contributed by atoms with Gasteiger partial charge in [-0.1, -0.05) is 5.10 Å². The molecule has 1 aliphatic heterocycles. The second-order valence-corrected chi connectivity index (χ2v) is 7.46. The number of piperazine rings is 1. The van der Waals surface area contributed by atoms with Gasteiger partial charge in [-0.2, -0.15) is 0 Å². The Morgan fingerprint density at radius 2 is 2.10 bits per heavy atom. The number of amides is 1. The topological polar surface area (TPSA) is 115 Å². The molecule has 2 aromatic rings. The maximum atomic E-state index is 13.5. The Balaban J connectivity index is 1.83. The van der Waals surface area contributed by atoms with Gasteiger partial charge in [-0.15, -0.1) is 5.10 Å². The highest BCUT2D eigenvalue weighted by atomic mass is 19.3. The van der Waals surface area contributed by atoms with Crippen LogP contribution in [0.25, 0.3) is 0 Å². The largest absolute Gasteiger partial charge is 0.465 e. The summed E-state index contributed by atoms with van der Waals surface area (Å²) in [6.45, 7) is 6.89. The predicted octanol–water partition coefficient (Wildman–Crippen LogP) is 3.30. The molecule has 3 N–H and O–H groups in total. The SMILES string of the molecule is Cc1c(CN2CCN(C(=O)O)[C@@H](C)C2)cc(C(F)F)cc1Nc1nnc([C@@H](C)O)o1. The summed E-state index contributed by atoms with van der Waals surface area (Å²) in [7, 11) is 0. The molecule has 9 nitrogen and oxygen atoms in total. The Morgan fingerprint density at radius 1 is 1.37 bits per heavy atom. The molecule has 0 saturated carbocycles. The van der Waals surface area contributed by atoms with Gasteiger partial charge in [0, 0.05) is 43.5 Å². The molecule has 0 aliphatic carbocycles. The van der Waals surface area contributed by atoms with Gasteiger partial charge in [0.15, 0.2) is 0 Å². The molecule has 11 heteroatoms. The summed E-state index contributed by atoms with van der Waals surface area (Å²) in [5, 5.41) is 29.1. The van der Waals surface area contributed by atoms with Gasteiger partial charge in [0.25, 0.3) is 6.43 Å². The maximum Gasteiger partial charge on any atom is 0.407 e. The van der Waals surface area contributed by atoms with Crippen LogP contribution in [0, 0.1) is 6.92 Å². The van der Waals surface area contributed by atoms with Crippen LogP contribution in [0.15, 0.2) is 16.5 Å². The number of carbonyl (C=O) groups is 1. The number of benzene rings is 1. The fraction of sp³-hybridized carbons (Fsp3) is 0.526. The number of hydrogen-bond acceptors (Lipinski definition) is 7. The van der Waals surface area contributed by atoms with Gasteiger partial charge in [-0.25, -0.2) is 13.6 Å². The molecule has 0 radical (unpaired) electrons. The molecule has 0 bridgehead atoms. The van der Waals surface area contributed by atoms with Gasteiger partial charge in [0.2, 0.25) is 5.89 Å². The highest BCUT2D eigenvalue weighted by Gasteiger charge is 2.27. The van der Waals surface area contributed by atoms with Gasteiger partial charge in [0.05, 0.1) is 0 Å². The zero-order valence-electron chi connectivity index (χ0n) is 17.0. The third-order valence-electron chi connectivity index (χ3n) is 5.18. The molecule has 1 aromatic carbocycles. The van der Waals surface area contributed by atoms with E-state index in [4.69, 9.17) is 4.42 Å². The second kappa shape index (κ2) is 8.92.